The smallest absolute Gasteiger partial charge is 0.440 e. The number of aryl methyl sites for hydroxylation is 1. The maximum Gasteiger partial charge on any atom is 0.440 e. The summed E-state index contributed by atoms with van der Waals surface area (Å²) in [5.41, 5.74) is 5.12. The monoisotopic (exact) mass is 572 g/mol. The number of carbonyl (C=O) groups excluding carboxylic acids is 1. The zero-order valence-corrected chi connectivity index (χ0v) is 24.0. The number of rotatable bonds is 11. The number of piperazine rings is 1. The topological polar surface area (TPSA) is 110 Å². The van der Waals surface area contributed by atoms with E-state index in [1.54, 1.807) is 0 Å². The van der Waals surface area contributed by atoms with Crippen molar-refractivity contribution in [1.29, 1.82) is 0 Å². The van der Waals surface area contributed by atoms with E-state index in [9.17, 15) is 14.4 Å². The summed E-state index contributed by atoms with van der Waals surface area (Å²) < 4.78 is 17.2. The number of nitrogens with zero attached hydrogens (tertiary/aromatic N) is 3. The molecule has 0 saturated carbocycles. The third kappa shape index (κ3) is 7.26. The van der Waals surface area contributed by atoms with Gasteiger partial charge in [0.05, 0.1) is 13.2 Å². The number of ether oxygens (including phenoxy) is 2. The fourth-order valence-electron chi connectivity index (χ4n) is 5.09. The third-order valence-electron chi connectivity index (χ3n) is 7.41. The minimum atomic E-state index is -0.777. The molecule has 10 heteroatoms. The van der Waals surface area contributed by atoms with E-state index in [0.29, 0.717) is 17.9 Å². The molecule has 1 amide bonds. The molecule has 3 aromatic carbocycles. The van der Waals surface area contributed by atoms with Gasteiger partial charge in [0.25, 0.3) is 5.91 Å². The van der Waals surface area contributed by atoms with Gasteiger partial charge in [-0.3, -0.25) is 9.69 Å². The van der Waals surface area contributed by atoms with Crippen LogP contribution in [0.3, 0.4) is 0 Å². The number of H-pyrrole nitrogens is 1. The maximum atomic E-state index is 13.2. The SMILES string of the molecule is CCOCCN1CCN(C(=O)c2ccc(-c3cccc(COc4ccc(Cn5oc(=O)[nH]c5=O)cc4)c3)c(C)c2)CC1. The van der Waals surface area contributed by atoms with Gasteiger partial charge in [0, 0.05) is 44.9 Å². The van der Waals surface area contributed by atoms with Crippen LogP contribution in [0.25, 0.3) is 11.1 Å². The van der Waals surface area contributed by atoms with E-state index in [0.717, 1.165) is 78.5 Å². The fraction of sp³-hybridized carbons (Fsp3) is 0.344. The molecule has 1 fully saturated rings. The molecule has 1 aliphatic heterocycles. The van der Waals surface area contributed by atoms with Gasteiger partial charge in [-0.2, -0.15) is 0 Å². The lowest BCUT2D eigenvalue weighted by molar-refractivity contribution is 0.0565. The van der Waals surface area contributed by atoms with Crippen LogP contribution < -0.4 is 16.2 Å². The van der Waals surface area contributed by atoms with Crippen LogP contribution in [-0.4, -0.2) is 71.4 Å². The minimum absolute atomic E-state index is 0.0759. The van der Waals surface area contributed by atoms with E-state index < -0.39 is 11.4 Å². The van der Waals surface area contributed by atoms with Crippen molar-refractivity contribution in [1.82, 2.24) is 19.5 Å². The van der Waals surface area contributed by atoms with Crippen molar-refractivity contribution in [3.63, 3.8) is 0 Å². The zero-order valence-electron chi connectivity index (χ0n) is 24.0. The summed E-state index contributed by atoms with van der Waals surface area (Å²) in [6.07, 6.45) is 0. The number of aromatic amines is 1. The highest BCUT2D eigenvalue weighted by atomic mass is 16.5. The molecule has 10 nitrogen and oxygen atoms in total. The Hall–Kier alpha value is -4.41. The average molecular weight is 573 g/mol. The molecule has 0 spiro atoms. The number of nitrogens with one attached hydrogen (secondary N) is 1. The van der Waals surface area contributed by atoms with Crippen LogP contribution in [0.5, 0.6) is 5.75 Å². The molecular formula is C32H36N4O6. The van der Waals surface area contributed by atoms with Crippen LogP contribution in [0.4, 0.5) is 0 Å². The first-order valence-electron chi connectivity index (χ1n) is 14.2. The van der Waals surface area contributed by atoms with Crippen molar-refractivity contribution in [3.05, 3.63) is 110 Å². The van der Waals surface area contributed by atoms with Gasteiger partial charge < -0.3 is 18.9 Å². The Bertz CT molecular complexity index is 1610. The van der Waals surface area contributed by atoms with Crippen molar-refractivity contribution in [3.8, 4) is 16.9 Å². The molecular weight excluding hydrogens is 536 g/mol. The molecule has 0 aliphatic carbocycles. The predicted molar refractivity (Wildman–Crippen MR) is 159 cm³/mol. The van der Waals surface area contributed by atoms with Crippen molar-refractivity contribution >= 4 is 5.91 Å². The summed E-state index contributed by atoms with van der Waals surface area (Å²) >= 11 is 0. The Morgan fingerprint density at radius 3 is 2.43 bits per heavy atom. The summed E-state index contributed by atoms with van der Waals surface area (Å²) in [5, 5.41) is 0. The Morgan fingerprint density at radius 2 is 1.74 bits per heavy atom. The second-order valence-electron chi connectivity index (χ2n) is 10.3. The van der Waals surface area contributed by atoms with E-state index in [1.807, 2.05) is 73.3 Å². The first-order valence-corrected chi connectivity index (χ1v) is 14.2. The summed E-state index contributed by atoms with van der Waals surface area (Å²) in [5.74, 6) is -0.0198. The van der Waals surface area contributed by atoms with E-state index in [-0.39, 0.29) is 12.5 Å². The molecule has 0 radical (unpaired) electrons. The number of amides is 1. The minimum Gasteiger partial charge on any atom is -0.489 e. The van der Waals surface area contributed by atoms with E-state index >= 15 is 0 Å². The van der Waals surface area contributed by atoms with Crippen LogP contribution in [-0.2, 0) is 17.9 Å². The number of hydrogen-bond donors (Lipinski definition) is 1. The zero-order chi connectivity index (χ0) is 29.5. The van der Waals surface area contributed by atoms with Gasteiger partial charge in [-0.25, -0.2) is 14.6 Å². The first-order chi connectivity index (χ1) is 20.4. The molecule has 0 atom stereocenters. The normalized spacial score (nSPS) is 13.8. The lowest BCUT2D eigenvalue weighted by atomic mass is 9.96. The molecule has 2 heterocycles. The van der Waals surface area contributed by atoms with Crippen molar-refractivity contribution < 1.29 is 18.8 Å². The Morgan fingerprint density at radius 1 is 0.952 bits per heavy atom. The number of carbonyl (C=O) groups is 1. The largest absolute Gasteiger partial charge is 0.489 e. The van der Waals surface area contributed by atoms with Crippen LogP contribution in [0.15, 0.2) is 80.8 Å². The lowest BCUT2D eigenvalue weighted by Crippen LogP contribution is -2.49. The van der Waals surface area contributed by atoms with Crippen LogP contribution >= 0.6 is 0 Å². The molecule has 220 valence electrons. The molecule has 5 rings (SSSR count). The molecule has 1 N–H and O–H groups in total. The van der Waals surface area contributed by atoms with E-state index in [2.05, 4.69) is 22.0 Å². The maximum absolute atomic E-state index is 13.2. The molecule has 4 aromatic rings. The van der Waals surface area contributed by atoms with Crippen LogP contribution in [0.1, 0.15) is 34.0 Å². The fourth-order valence-corrected chi connectivity index (χ4v) is 5.09. The second-order valence-corrected chi connectivity index (χ2v) is 10.3. The average Bonchev–Trinajstić information content (AvgIpc) is 3.32. The highest BCUT2D eigenvalue weighted by Crippen LogP contribution is 2.26. The summed E-state index contributed by atoms with van der Waals surface area (Å²) in [7, 11) is 0. The molecule has 0 unspecified atom stereocenters. The summed E-state index contributed by atoms with van der Waals surface area (Å²) in [6.45, 7) is 10.1. The molecule has 0 bridgehead atoms. The van der Waals surface area contributed by atoms with Crippen LogP contribution in [0, 0.1) is 6.92 Å². The summed E-state index contributed by atoms with van der Waals surface area (Å²) in [4.78, 5) is 42.4. The Balaban J connectivity index is 1.17. The van der Waals surface area contributed by atoms with E-state index in [4.69, 9.17) is 14.0 Å². The van der Waals surface area contributed by atoms with Gasteiger partial charge in [0.2, 0.25) is 0 Å². The lowest BCUT2D eigenvalue weighted by Gasteiger charge is -2.34. The number of benzene rings is 3. The first kappa shape index (κ1) is 29.1. The number of aromatic nitrogens is 2. The molecule has 1 saturated heterocycles. The highest BCUT2D eigenvalue weighted by molar-refractivity contribution is 5.95. The predicted octanol–water partition coefficient (Wildman–Crippen LogP) is 3.53. The second kappa shape index (κ2) is 13.5. The van der Waals surface area contributed by atoms with Gasteiger partial charge in [0.1, 0.15) is 12.4 Å². The van der Waals surface area contributed by atoms with Crippen molar-refractivity contribution in [2.24, 2.45) is 0 Å². The third-order valence-corrected chi connectivity index (χ3v) is 7.41. The molecule has 1 aliphatic rings. The van der Waals surface area contributed by atoms with E-state index in [1.165, 1.54) is 0 Å². The highest BCUT2D eigenvalue weighted by Gasteiger charge is 2.22. The molecule has 1 aromatic heterocycles. The number of hydrogen-bond acceptors (Lipinski definition) is 7. The quantitative estimate of drug-likeness (QED) is 0.274. The van der Waals surface area contributed by atoms with Crippen LogP contribution in [0.2, 0.25) is 0 Å². The standard InChI is InChI=1S/C32H36N4O6/c1-3-40-18-17-34-13-15-35(16-14-34)30(37)27-9-12-29(23(2)19-27)26-6-4-5-25(20-26)22-41-28-10-7-24(8-11-28)21-36-31(38)33-32(39)42-36/h4-12,19-20H,3,13-18,21-22H2,1-2H3,(H,33,38,39). The van der Waals surface area contributed by atoms with Gasteiger partial charge in [0.15, 0.2) is 0 Å². The van der Waals surface area contributed by atoms with Crippen molar-refractivity contribution in [2.45, 2.75) is 27.0 Å². The van der Waals surface area contributed by atoms with Gasteiger partial charge in [-0.15, -0.1) is 4.74 Å². The van der Waals surface area contributed by atoms with Gasteiger partial charge in [-0.05, 0) is 72.0 Å². The van der Waals surface area contributed by atoms with Crippen molar-refractivity contribution in [2.75, 3.05) is 45.9 Å². The summed E-state index contributed by atoms with van der Waals surface area (Å²) in [6, 6.07) is 21.4. The molecule has 42 heavy (non-hydrogen) atoms. The van der Waals surface area contributed by atoms with Gasteiger partial charge >= 0.3 is 11.4 Å². The Kier molecular flexibility index (Phi) is 9.35. The van der Waals surface area contributed by atoms with Gasteiger partial charge in [-0.1, -0.05) is 36.4 Å². The Labute approximate surface area is 244 Å².